The molecule has 2 aromatic heterocycles. The van der Waals surface area contributed by atoms with Crippen molar-refractivity contribution in [2.75, 3.05) is 7.05 Å². The van der Waals surface area contributed by atoms with E-state index in [4.69, 9.17) is 4.42 Å². The van der Waals surface area contributed by atoms with Crippen molar-refractivity contribution in [3.05, 3.63) is 78.4 Å². The Hall–Kier alpha value is -2.88. The molecule has 3 rings (SSSR count). The fourth-order valence-corrected chi connectivity index (χ4v) is 2.23. The molecule has 0 spiro atoms. The van der Waals surface area contributed by atoms with Gasteiger partial charge in [0.2, 0.25) is 0 Å². The van der Waals surface area contributed by atoms with E-state index < -0.39 is 0 Å². The Balaban J connectivity index is 1.73. The summed E-state index contributed by atoms with van der Waals surface area (Å²) in [4.78, 5) is 18.4. The SMILES string of the molecule is CN(Cc1ccco1)C(=O)c1ccc(-c2ccccc2)nc1. The monoisotopic (exact) mass is 292 g/mol. The van der Waals surface area contributed by atoms with Crippen LogP contribution in [0.25, 0.3) is 11.3 Å². The van der Waals surface area contributed by atoms with Crippen molar-refractivity contribution >= 4 is 5.91 Å². The number of pyridine rings is 1. The lowest BCUT2D eigenvalue weighted by atomic mass is 10.1. The fraction of sp³-hybridized carbons (Fsp3) is 0.111. The molecule has 0 unspecified atom stereocenters. The molecule has 0 aliphatic heterocycles. The molecule has 0 aliphatic rings. The number of benzene rings is 1. The van der Waals surface area contributed by atoms with Crippen LogP contribution in [0.15, 0.2) is 71.5 Å². The molecule has 110 valence electrons. The molecule has 0 aliphatic carbocycles. The number of carbonyl (C=O) groups excluding carboxylic acids is 1. The van der Waals surface area contributed by atoms with E-state index in [1.807, 2.05) is 48.5 Å². The Morgan fingerprint density at radius 1 is 1.09 bits per heavy atom. The normalized spacial score (nSPS) is 10.4. The minimum atomic E-state index is -0.0801. The van der Waals surface area contributed by atoms with E-state index in [1.165, 1.54) is 0 Å². The van der Waals surface area contributed by atoms with Crippen LogP contribution >= 0.6 is 0 Å². The molecule has 3 aromatic rings. The molecule has 4 nitrogen and oxygen atoms in total. The topological polar surface area (TPSA) is 46.3 Å². The molecule has 0 radical (unpaired) electrons. The molecule has 0 N–H and O–H groups in total. The summed E-state index contributed by atoms with van der Waals surface area (Å²) >= 11 is 0. The zero-order chi connectivity index (χ0) is 15.4. The number of hydrogen-bond donors (Lipinski definition) is 0. The van der Waals surface area contributed by atoms with Crippen molar-refractivity contribution in [1.82, 2.24) is 9.88 Å². The van der Waals surface area contributed by atoms with Gasteiger partial charge in [-0.15, -0.1) is 0 Å². The number of aromatic nitrogens is 1. The molecule has 1 amide bonds. The first-order valence-electron chi connectivity index (χ1n) is 7.03. The van der Waals surface area contributed by atoms with Crippen LogP contribution in [0, 0.1) is 0 Å². The van der Waals surface area contributed by atoms with Crippen LogP contribution < -0.4 is 0 Å². The van der Waals surface area contributed by atoms with Crippen LogP contribution in [0.5, 0.6) is 0 Å². The highest BCUT2D eigenvalue weighted by atomic mass is 16.3. The second-order valence-corrected chi connectivity index (χ2v) is 5.04. The standard InChI is InChI=1S/C18H16N2O2/c1-20(13-16-8-5-11-22-16)18(21)15-9-10-17(19-12-15)14-6-3-2-4-7-14/h2-12H,13H2,1H3. The molecule has 4 heteroatoms. The van der Waals surface area contributed by atoms with Gasteiger partial charge in [0.1, 0.15) is 5.76 Å². The third kappa shape index (κ3) is 3.06. The van der Waals surface area contributed by atoms with Gasteiger partial charge < -0.3 is 9.32 Å². The first-order chi connectivity index (χ1) is 10.7. The molecule has 0 atom stereocenters. The average molecular weight is 292 g/mol. The van der Waals surface area contributed by atoms with Crippen molar-refractivity contribution in [3.8, 4) is 11.3 Å². The Morgan fingerprint density at radius 2 is 1.91 bits per heavy atom. The van der Waals surface area contributed by atoms with E-state index in [-0.39, 0.29) is 5.91 Å². The summed E-state index contributed by atoms with van der Waals surface area (Å²) in [5.74, 6) is 0.674. The predicted octanol–water partition coefficient (Wildman–Crippen LogP) is 3.61. The molecular formula is C18H16N2O2. The van der Waals surface area contributed by atoms with E-state index in [1.54, 1.807) is 30.5 Å². The maximum absolute atomic E-state index is 12.4. The van der Waals surface area contributed by atoms with Gasteiger partial charge in [-0.3, -0.25) is 9.78 Å². The van der Waals surface area contributed by atoms with Crippen LogP contribution in [0.1, 0.15) is 16.1 Å². The largest absolute Gasteiger partial charge is 0.467 e. The minimum Gasteiger partial charge on any atom is -0.467 e. The Kier molecular flexibility index (Phi) is 4.01. The summed E-state index contributed by atoms with van der Waals surface area (Å²) in [6, 6.07) is 17.2. The number of furan rings is 1. The molecule has 0 saturated heterocycles. The van der Waals surface area contributed by atoms with Crippen molar-refractivity contribution in [2.24, 2.45) is 0 Å². The summed E-state index contributed by atoms with van der Waals surface area (Å²) in [6.45, 7) is 0.437. The first kappa shape index (κ1) is 14.1. The summed E-state index contributed by atoms with van der Waals surface area (Å²) in [5.41, 5.74) is 2.45. The second kappa shape index (κ2) is 6.26. The van der Waals surface area contributed by atoms with E-state index in [2.05, 4.69) is 4.98 Å². The van der Waals surface area contributed by atoms with Gasteiger partial charge in [0.05, 0.1) is 24.1 Å². The van der Waals surface area contributed by atoms with Crippen molar-refractivity contribution in [2.45, 2.75) is 6.54 Å². The van der Waals surface area contributed by atoms with Crippen LogP contribution in [-0.2, 0) is 6.54 Å². The third-order valence-electron chi connectivity index (χ3n) is 3.40. The second-order valence-electron chi connectivity index (χ2n) is 5.04. The smallest absolute Gasteiger partial charge is 0.255 e. The molecule has 0 fully saturated rings. The number of amides is 1. The third-order valence-corrected chi connectivity index (χ3v) is 3.40. The van der Waals surface area contributed by atoms with Crippen LogP contribution in [0.3, 0.4) is 0 Å². The quantitative estimate of drug-likeness (QED) is 0.738. The van der Waals surface area contributed by atoms with E-state index in [0.717, 1.165) is 17.0 Å². The highest BCUT2D eigenvalue weighted by Gasteiger charge is 2.13. The lowest BCUT2D eigenvalue weighted by Crippen LogP contribution is -2.26. The zero-order valence-corrected chi connectivity index (χ0v) is 12.3. The number of hydrogen-bond acceptors (Lipinski definition) is 3. The predicted molar refractivity (Wildman–Crippen MR) is 84.2 cm³/mol. The first-order valence-corrected chi connectivity index (χ1v) is 7.03. The molecule has 2 heterocycles. The molecule has 0 saturated carbocycles. The van der Waals surface area contributed by atoms with Crippen LogP contribution in [0.2, 0.25) is 0 Å². The van der Waals surface area contributed by atoms with Crippen LogP contribution in [0.4, 0.5) is 0 Å². The number of nitrogens with zero attached hydrogens (tertiary/aromatic N) is 2. The van der Waals surface area contributed by atoms with Crippen molar-refractivity contribution in [3.63, 3.8) is 0 Å². The molecular weight excluding hydrogens is 276 g/mol. The highest BCUT2D eigenvalue weighted by molar-refractivity contribution is 5.94. The lowest BCUT2D eigenvalue weighted by Gasteiger charge is -2.15. The van der Waals surface area contributed by atoms with Crippen LogP contribution in [-0.4, -0.2) is 22.8 Å². The van der Waals surface area contributed by atoms with Gasteiger partial charge in [0.15, 0.2) is 0 Å². The Morgan fingerprint density at radius 3 is 2.55 bits per heavy atom. The van der Waals surface area contributed by atoms with Gasteiger partial charge in [-0.25, -0.2) is 0 Å². The maximum atomic E-state index is 12.4. The Labute approximate surface area is 129 Å². The molecule has 1 aromatic carbocycles. The van der Waals surface area contributed by atoms with Gasteiger partial charge in [-0.05, 0) is 24.3 Å². The van der Waals surface area contributed by atoms with Gasteiger partial charge in [0.25, 0.3) is 5.91 Å². The molecule has 22 heavy (non-hydrogen) atoms. The Bertz CT molecular complexity index is 735. The van der Waals surface area contributed by atoms with Gasteiger partial charge >= 0.3 is 0 Å². The average Bonchev–Trinajstić information content (AvgIpc) is 3.08. The van der Waals surface area contributed by atoms with Gasteiger partial charge in [-0.2, -0.15) is 0 Å². The van der Waals surface area contributed by atoms with E-state index in [9.17, 15) is 4.79 Å². The summed E-state index contributed by atoms with van der Waals surface area (Å²) in [5, 5.41) is 0. The fourth-order valence-electron chi connectivity index (χ4n) is 2.23. The number of rotatable bonds is 4. The lowest BCUT2D eigenvalue weighted by molar-refractivity contribution is 0.0775. The van der Waals surface area contributed by atoms with Crippen molar-refractivity contribution < 1.29 is 9.21 Å². The van der Waals surface area contributed by atoms with Gasteiger partial charge in [0, 0.05) is 18.8 Å². The summed E-state index contributed by atoms with van der Waals surface area (Å²) < 4.78 is 5.26. The van der Waals surface area contributed by atoms with E-state index in [0.29, 0.717) is 12.1 Å². The van der Waals surface area contributed by atoms with E-state index >= 15 is 0 Å². The summed E-state index contributed by atoms with van der Waals surface area (Å²) in [7, 11) is 1.75. The van der Waals surface area contributed by atoms with Gasteiger partial charge in [-0.1, -0.05) is 30.3 Å². The highest BCUT2D eigenvalue weighted by Crippen LogP contribution is 2.17. The number of carbonyl (C=O) groups is 1. The minimum absolute atomic E-state index is 0.0801. The molecule has 0 bridgehead atoms. The zero-order valence-electron chi connectivity index (χ0n) is 12.3. The van der Waals surface area contributed by atoms with Crippen molar-refractivity contribution in [1.29, 1.82) is 0 Å². The maximum Gasteiger partial charge on any atom is 0.255 e. The summed E-state index contributed by atoms with van der Waals surface area (Å²) in [6.07, 6.45) is 3.22.